The molecule has 0 spiro atoms. The fourth-order valence-corrected chi connectivity index (χ4v) is 5.41. The van der Waals surface area contributed by atoms with Crippen LogP contribution in [0.5, 0.6) is 0 Å². The fraction of sp³-hybridized carbons (Fsp3) is 0.378. The lowest BCUT2D eigenvalue weighted by Crippen LogP contribution is -2.55. The van der Waals surface area contributed by atoms with Crippen LogP contribution < -0.4 is 16.0 Å². The number of hydrogen-bond acceptors (Lipinski definition) is 7. The Morgan fingerprint density at radius 2 is 1.31 bits per heavy atom. The van der Waals surface area contributed by atoms with Gasteiger partial charge < -0.3 is 30.3 Å². The number of nitrogens with one attached hydrogen (secondary N) is 3. The first-order valence-corrected chi connectivity index (χ1v) is 16.1. The maximum atomic E-state index is 13.8. The van der Waals surface area contributed by atoms with Crippen LogP contribution >= 0.6 is 0 Å². The van der Waals surface area contributed by atoms with Gasteiger partial charge in [0.15, 0.2) is 0 Å². The highest BCUT2D eigenvalue weighted by molar-refractivity contribution is 5.94. The van der Waals surface area contributed by atoms with E-state index in [1.165, 1.54) is 4.90 Å². The molecule has 11 heteroatoms. The highest BCUT2D eigenvalue weighted by Crippen LogP contribution is 2.20. The monoisotopic (exact) mass is 656 g/mol. The highest BCUT2D eigenvalue weighted by atomic mass is 16.6. The third-order valence-corrected chi connectivity index (χ3v) is 7.66. The zero-order valence-corrected chi connectivity index (χ0v) is 27.6. The number of amides is 4. The Balaban J connectivity index is 1.38. The quantitative estimate of drug-likeness (QED) is 0.238. The Labute approximate surface area is 281 Å². The molecule has 1 heterocycles. The smallest absolute Gasteiger partial charge is 0.408 e. The van der Waals surface area contributed by atoms with Crippen LogP contribution in [0.2, 0.25) is 0 Å². The van der Waals surface area contributed by atoms with Crippen LogP contribution in [0.1, 0.15) is 50.3 Å². The standard InChI is InChI=1S/C37H44N4O7/c1-37(2,3)48-36(46)40-29(22-26-14-7-4-8-15-26)34(44)41-21-13-20-31(41)33(43)38-24-32(42)39-30(23-27-16-9-5-10-17-27)35(45)47-25-28-18-11-6-12-19-28/h4-12,14-19,29-31H,13,20-25H2,1-3H3,(H,38,43)(H,39,42)(H,40,46)/t29-,30-,31+/m1/s1. The maximum absolute atomic E-state index is 13.8. The molecule has 1 fully saturated rings. The summed E-state index contributed by atoms with van der Waals surface area (Å²) in [4.78, 5) is 67.4. The van der Waals surface area contributed by atoms with E-state index in [1.807, 2.05) is 91.0 Å². The van der Waals surface area contributed by atoms with Gasteiger partial charge in [0.05, 0.1) is 6.54 Å². The van der Waals surface area contributed by atoms with E-state index in [0.717, 1.165) is 16.7 Å². The van der Waals surface area contributed by atoms with Gasteiger partial charge in [0, 0.05) is 19.4 Å². The lowest BCUT2D eigenvalue weighted by atomic mass is 10.0. The van der Waals surface area contributed by atoms with Gasteiger partial charge in [-0.2, -0.15) is 0 Å². The Kier molecular flexibility index (Phi) is 12.7. The molecule has 11 nitrogen and oxygen atoms in total. The van der Waals surface area contributed by atoms with Gasteiger partial charge in [0.1, 0.15) is 30.3 Å². The first-order chi connectivity index (χ1) is 23.0. The molecule has 1 aliphatic heterocycles. The van der Waals surface area contributed by atoms with Crippen LogP contribution in [0.3, 0.4) is 0 Å². The number of rotatable bonds is 13. The summed E-state index contributed by atoms with van der Waals surface area (Å²) in [6, 6.07) is 24.9. The Morgan fingerprint density at radius 3 is 1.88 bits per heavy atom. The molecular weight excluding hydrogens is 612 g/mol. The van der Waals surface area contributed by atoms with Gasteiger partial charge >= 0.3 is 12.1 Å². The largest absolute Gasteiger partial charge is 0.459 e. The van der Waals surface area contributed by atoms with E-state index in [9.17, 15) is 24.0 Å². The topological polar surface area (TPSA) is 143 Å². The van der Waals surface area contributed by atoms with E-state index in [2.05, 4.69) is 16.0 Å². The van der Waals surface area contributed by atoms with Gasteiger partial charge in [-0.25, -0.2) is 9.59 Å². The molecule has 4 amide bonds. The summed E-state index contributed by atoms with van der Waals surface area (Å²) in [5.74, 6) is -2.10. The van der Waals surface area contributed by atoms with E-state index in [0.29, 0.717) is 19.4 Å². The molecule has 0 unspecified atom stereocenters. The van der Waals surface area contributed by atoms with Crippen molar-refractivity contribution < 1.29 is 33.4 Å². The van der Waals surface area contributed by atoms with E-state index in [1.54, 1.807) is 20.8 Å². The lowest BCUT2D eigenvalue weighted by Gasteiger charge is -2.29. The van der Waals surface area contributed by atoms with Gasteiger partial charge in [-0.05, 0) is 50.3 Å². The molecule has 3 aromatic carbocycles. The number of carbonyl (C=O) groups is 5. The molecule has 0 aromatic heterocycles. The zero-order chi connectivity index (χ0) is 34.5. The summed E-state index contributed by atoms with van der Waals surface area (Å²) in [6.45, 7) is 5.16. The number of hydrogen-bond donors (Lipinski definition) is 3. The Bertz CT molecular complexity index is 1530. The summed E-state index contributed by atoms with van der Waals surface area (Å²) in [5.41, 5.74) is 1.70. The van der Waals surface area contributed by atoms with Crippen molar-refractivity contribution >= 4 is 29.8 Å². The Morgan fingerprint density at radius 1 is 0.771 bits per heavy atom. The summed E-state index contributed by atoms with van der Waals surface area (Å²) in [6.07, 6.45) is 0.641. The molecule has 1 saturated heterocycles. The SMILES string of the molecule is CC(C)(C)OC(=O)N[C@H](Cc1ccccc1)C(=O)N1CCC[C@H]1C(=O)NCC(=O)N[C@H](Cc1ccccc1)C(=O)OCc1ccccc1. The second kappa shape index (κ2) is 17.1. The summed E-state index contributed by atoms with van der Waals surface area (Å²) in [5, 5.41) is 8.01. The predicted octanol–water partition coefficient (Wildman–Crippen LogP) is 3.70. The predicted molar refractivity (Wildman–Crippen MR) is 179 cm³/mol. The van der Waals surface area contributed by atoms with Crippen LogP contribution in [0.4, 0.5) is 4.79 Å². The van der Waals surface area contributed by atoms with Gasteiger partial charge in [-0.1, -0.05) is 91.0 Å². The molecule has 0 aliphatic carbocycles. The molecule has 3 atom stereocenters. The van der Waals surface area contributed by atoms with E-state index >= 15 is 0 Å². The zero-order valence-electron chi connectivity index (χ0n) is 27.6. The van der Waals surface area contributed by atoms with Crippen LogP contribution in [-0.4, -0.2) is 71.5 Å². The van der Waals surface area contributed by atoms with Crippen molar-refractivity contribution in [3.05, 3.63) is 108 Å². The minimum Gasteiger partial charge on any atom is -0.459 e. The molecule has 1 aliphatic rings. The molecule has 3 aromatic rings. The van der Waals surface area contributed by atoms with Crippen molar-refractivity contribution in [3.8, 4) is 0 Å². The second-order valence-corrected chi connectivity index (χ2v) is 12.7. The van der Waals surface area contributed by atoms with Gasteiger partial charge in [-0.3, -0.25) is 14.4 Å². The molecule has 254 valence electrons. The van der Waals surface area contributed by atoms with Crippen molar-refractivity contribution in [1.82, 2.24) is 20.9 Å². The number of likely N-dealkylation sites (tertiary alicyclic amines) is 1. The summed E-state index contributed by atoms with van der Waals surface area (Å²) < 4.78 is 10.9. The fourth-order valence-electron chi connectivity index (χ4n) is 5.41. The molecule has 0 radical (unpaired) electrons. The first kappa shape index (κ1) is 35.7. The summed E-state index contributed by atoms with van der Waals surface area (Å²) in [7, 11) is 0. The number of benzene rings is 3. The molecule has 48 heavy (non-hydrogen) atoms. The van der Waals surface area contributed by atoms with Crippen LogP contribution in [0, 0.1) is 0 Å². The van der Waals surface area contributed by atoms with Crippen molar-refractivity contribution in [2.45, 2.75) is 76.8 Å². The molecule has 0 bridgehead atoms. The van der Waals surface area contributed by atoms with Gasteiger partial charge in [0.25, 0.3) is 0 Å². The number of esters is 1. The third-order valence-electron chi connectivity index (χ3n) is 7.66. The first-order valence-electron chi connectivity index (χ1n) is 16.1. The minimum absolute atomic E-state index is 0.0527. The lowest BCUT2D eigenvalue weighted by molar-refractivity contribution is -0.149. The second-order valence-electron chi connectivity index (χ2n) is 12.7. The van der Waals surface area contributed by atoms with Gasteiger partial charge in [-0.15, -0.1) is 0 Å². The summed E-state index contributed by atoms with van der Waals surface area (Å²) >= 11 is 0. The number of carbonyl (C=O) groups excluding carboxylic acids is 5. The third kappa shape index (κ3) is 11.3. The molecule has 0 saturated carbocycles. The molecule has 3 N–H and O–H groups in total. The Hall–Kier alpha value is -5.19. The van der Waals surface area contributed by atoms with Crippen molar-refractivity contribution in [2.75, 3.05) is 13.1 Å². The van der Waals surface area contributed by atoms with Crippen LogP contribution in [0.15, 0.2) is 91.0 Å². The normalized spacial score (nSPS) is 15.5. The number of nitrogens with zero attached hydrogens (tertiary/aromatic N) is 1. The average Bonchev–Trinajstić information content (AvgIpc) is 3.56. The number of ether oxygens (including phenoxy) is 2. The average molecular weight is 657 g/mol. The molecule has 4 rings (SSSR count). The maximum Gasteiger partial charge on any atom is 0.408 e. The van der Waals surface area contributed by atoms with E-state index < -0.39 is 60.1 Å². The van der Waals surface area contributed by atoms with Crippen molar-refractivity contribution in [1.29, 1.82) is 0 Å². The van der Waals surface area contributed by atoms with Crippen LogP contribution in [-0.2, 0) is 48.1 Å². The molecular formula is C37H44N4O7. The van der Waals surface area contributed by atoms with E-state index in [4.69, 9.17) is 9.47 Å². The van der Waals surface area contributed by atoms with Gasteiger partial charge in [0.2, 0.25) is 17.7 Å². The van der Waals surface area contributed by atoms with Crippen LogP contribution in [0.25, 0.3) is 0 Å². The van der Waals surface area contributed by atoms with Crippen molar-refractivity contribution in [3.63, 3.8) is 0 Å². The van der Waals surface area contributed by atoms with E-state index in [-0.39, 0.29) is 19.4 Å². The highest BCUT2D eigenvalue weighted by Gasteiger charge is 2.38. The minimum atomic E-state index is -0.984. The van der Waals surface area contributed by atoms with Crippen molar-refractivity contribution in [2.24, 2.45) is 0 Å². The number of alkyl carbamates (subject to hydrolysis) is 1.